The number of aromatic hydroxyl groups is 1. The topological polar surface area (TPSA) is 76.1 Å². The summed E-state index contributed by atoms with van der Waals surface area (Å²) >= 11 is 0. The molecule has 6 heteroatoms. The molecule has 0 aromatic heterocycles. The molecule has 0 saturated carbocycles. The molecule has 1 N–H and O–H groups in total. The van der Waals surface area contributed by atoms with Gasteiger partial charge in [-0.15, -0.1) is 0 Å². The van der Waals surface area contributed by atoms with E-state index in [0.29, 0.717) is 5.75 Å². The molecule has 0 aliphatic heterocycles. The summed E-state index contributed by atoms with van der Waals surface area (Å²) in [4.78, 5) is 24.7. The highest BCUT2D eigenvalue weighted by molar-refractivity contribution is 5.94. The second kappa shape index (κ2) is 6.08. The predicted octanol–water partition coefficient (Wildman–Crippen LogP) is 1.03. The van der Waals surface area contributed by atoms with Crippen molar-refractivity contribution in [2.24, 2.45) is 0 Å². The summed E-state index contributed by atoms with van der Waals surface area (Å²) in [7, 11) is 4.58. The van der Waals surface area contributed by atoms with Crippen LogP contribution in [0.5, 0.6) is 11.5 Å². The molecule has 104 valence electrons. The van der Waals surface area contributed by atoms with Gasteiger partial charge in [0, 0.05) is 20.2 Å². The maximum atomic E-state index is 11.8. The number of rotatable bonds is 4. The first-order valence-corrected chi connectivity index (χ1v) is 5.66. The van der Waals surface area contributed by atoms with Crippen LogP contribution in [0, 0.1) is 0 Å². The average molecular weight is 267 g/mol. The van der Waals surface area contributed by atoms with E-state index in [0.717, 1.165) is 0 Å². The van der Waals surface area contributed by atoms with E-state index in [4.69, 9.17) is 9.47 Å². The number of amides is 1. The molecule has 0 heterocycles. The Balaban J connectivity index is 2.81. The SMILES string of the molecule is COc1ccc(C(=O)O[C@@H](C)C(=O)N(C)C)c(O)c1. The van der Waals surface area contributed by atoms with E-state index in [-0.39, 0.29) is 17.2 Å². The first kappa shape index (κ1) is 14.8. The Morgan fingerprint density at radius 1 is 1.32 bits per heavy atom. The molecule has 1 rings (SSSR count). The van der Waals surface area contributed by atoms with Crippen LogP contribution in [0.25, 0.3) is 0 Å². The van der Waals surface area contributed by atoms with Gasteiger partial charge in [0.2, 0.25) is 0 Å². The fraction of sp³-hybridized carbons (Fsp3) is 0.385. The van der Waals surface area contributed by atoms with Crippen LogP contribution in [-0.4, -0.2) is 49.2 Å². The monoisotopic (exact) mass is 267 g/mol. The van der Waals surface area contributed by atoms with Gasteiger partial charge < -0.3 is 19.5 Å². The number of nitrogens with zero attached hydrogens (tertiary/aromatic N) is 1. The normalized spacial score (nSPS) is 11.6. The minimum absolute atomic E-state index is 0.0146. The number of carbonyl (C=O) groups excluding carboxylic acids is 2. The number of methoxy groups -OCH3 is 1. The van der Waals surface area contributed by atoms with E-state index in [2.05, 4.69) is 0 Å². The number of likely N-dealkylation sites (N-methyl/N-ethyl adjacent to an activating group) is 1. The molecule has 1 amide bonds. The third-order valence-electron chi connectivity index (χ3n) is 2.50. The van der Waals surface area contributed by atoms with Gasteiger partial charge in [0.15, 0.2) is 6.10 Å². The molecule has 6 nitrogen and oxygen atoms in total. The highest BCUT2D eigenvalue weighted by Gasteiger charge is 2.22. The summed E-state index contributed by atoms with van der Waals surface area (Å²) < 4.78 is 9.89. The minimum atomic E-state index is -0.913. The number of phenolic OH excluding ortho intramolecular Hbond substituents is 1. The Labute approximate surface area is 111 Å². The standard InChI is InChI=1S/C13H17NO5/c1-8(12(16)14(2)3)19-13(17)10-6-5-9(18-4)7-11(10)15/h5-8,15H,1-4H3/t8-/m0/s1. The molecule has 0 aliphatic rings. The van der Waals surface area contributed by atoms with Crippen LogP contribution in [-0.2, 0) is 9.53 Å². The van der Waals surface area contributed by atoms with Gasteiger partial charge in [-0.05, 0) is 19.1 Å². The van der Waals surface area contributed by atoms with E-state index >= 15 is 0 Å². The van der Waals surface area contributed by atoms with E-state index in [1.165, 1.54) is 37.1 Å². The van der Waals surface area contributed by atoms with Gasteiger partial charge in [-0.25, -0.2) is 4.79 Å². The molecule has 0 fully saturated rings. The van der Waals surface area contributed by atoms with Gasteiger partial charge in [0.25, 0.3) is 5.91 Å². The summed E-state index contributed by atoms with van der Waals surface area (Å²) in [5.74, 6) is -0.926. The van der Waals surface area contributed by atoms with Gasteiger partial charge in [0.1, 0.15) is 17.1 Å². The highest BCUT2D eigenvalue weighted by Crippen LogP contribution is 2.24. The van der Waals surface area contributed by atoms with Crippen molar-refractivity contribution in [2.45, 2.75) is 13.0 Å². The van der Waals surface area contributed by atoms with Crippen LogP contribution in [0.2, 0.25) is 0 Å². The smallest absolute Gasteiger partial charge is 0.342 e. The van der Waals surface area contributed by atoms with E-state index in [1.807, 2.05) is 0 Å². The van der Waals surface area contributed by atoms with Crippen molar-refractivity contribution in [3.8, 4) is 11.5 Å². The third kappa shape index (κ3) is 3.61. The molecule has 0 radical (unpaired) electrons. The fourth-order valence-electron chi connectivity index (χ4n) is 1.45. The van der Waals surface area contributed by atoms with Gasteiger partial charge in [-0.2, -0.15) is 0 Å². The molecule has 0 saturated heterocycles. The zero-order chi connectivity index (χ0) is 14.6. The van der Waals surface area contributed by atoms with Crippen LogP contribution < -0.4 is 4.74 Å². The first-order valence-electron chi connectivity index (χ1n) is 5.66. The van der Waals surface area contributed by atoms with Gasteiger partial charge >= 0.3 is 5.97 Å². The average Bonchev–Trinajstić information content (AvgIpc) is 2.36. The number of benzene rings is 1. The summed E-state index contributed by atoms with van der Waals surface area (Å²) in [5.41, 5.74) is -0.0146. The van der Waals surface area contributed by atoms with Crippen molar-refractivity contribution in [3.05, 3.63) is 23.8 Å². The lowest BCUT2D eigenvalue weighted by Crippen LogP contribution is -2.34. The molecule has 1 aromatic carbocycles. The second-order valence-corrected chi connectivity index (χ2v) is 4.16. The summed E-state index contributed by atoms with van der Waals surface area (Å²) in [6, 6.07) is 4.20. The minimum Gasteiger partial charge on any atom is -0.507 e. The lowest BCUT2D eigenvalue weighted by molar-refractivity contribution is -0.137. The summed E-state index contributed by atoms with van der Waals surface area (Å²) in [6.45, 7) is 1.47. The molecule has 0 bridgehead atoms. The van der Waals surface area contributed by atoms with Crippen molar-refractivity contribution < 1.29 is 24.2 Å². The zero-order valence-corrected chi connectivity index (χ0v) is 11.3. The van der Waals surface area contributed by atoms with Crippen LogP contribution in [0.1, 0.15) is 17.3 Å². The van der Waals surface area contributed by atoms with Crippen LogP contribution >= 0.6 is 0 Å². The predicted molar refractivity (Wildman–Crippen MR) is 68.2 cm³/mol. The van der Waals surface area contributed by atoms with E-state index < -0.39 is 12.1 Å². The lowest BCUT2D eigenvalue weighted by Gasteiger charge is -2.17. The van der Waals surface area contributed by atoms with Crippen molar-refractivity contribution in [1.82, 2.24) is 4.90 Å². The molecule has 1 atom stereocenters. The molecular formula is C13H17NO5. The third-order valence-corrected chi connectivity index (χ3v) is 2.50. The first-order chi connectivity index (χ1) is 8.86. The number of carbonyl (C=O) groups is 2. The van der Waals surface area contributed by atoms with E-state index in [9.17, 15) is 14.7 Å². The van der Waals surface area contributed by atoms with Crippen LogP contribution in [0.3, 0.4) is 0 Å². The van der Waals surface area contributed by atoms with Gasteiger partial charge in [-0.3, -0.25) is 4.79 Å². The zero-order valence-electron chi connectivity index (χ0n) is 11.3. The molecular weight excluding hydrogens is 250 g/mol. The number of esters is 1. The Morgan fingerprint density at radius 2 is 1.95 bits per heavy atom. The Bertz CT molecular complexity index is 484. The number of hydrogen-bond donors (Lipinski definition) is 1. The molecule has 19 heavy (non-hydrogen) atoms. The summed E-state index contributed by atoms with van der Waals surface area (Å²) in [5, 5.41) is 9.68. The molecule has 0 aliphatic carbocycles. The fourth-order valence-corrected chi connectivity index (χ4v) is 1.45. The Morgan fingerprint density at radius 3 is 2.42 bits per heavy atom. The van der Waals surface area contributed by atoms with Crippen LogP contribution in [0.15, 0.2) is 18.2 Å². The van der Waals surface area contributed by atoms with Crippen LogP contribution in [0.4, 0.5) is 0 Å². The maximum Gasteiger partial charge on any atom is 0.342 e. The largest absolute Gasteiger partial charge is 0.507 e. The van der Waals surface area contributed by atoms with E-state index in [1.54, 1.807) is 14.1 Å². The second-order valence-electron chi connectivity index (χ2n) is 4.16. The number of hydrogen-bond acceptors (Lipinski definition) is 5. The van der Waals surface area contributed by atoms with Crippen molar-refractivity contribution in [2.75, 3.05) is 21.2 Å². The summed E-state index contributed by atoms with van der Waals surface area (Å²) in [6.07, 6.45) is -0.913. The highest BCUT2D eigenvalue weighted by atomic mass is 16.5. The number of ether oxygens (including phenoxy) is 2. The molecule has 1 aromatic rings. The maximum absolute atomic E-state index is 11.8. The Kier molecular flexibility index (Phi) is 4.74. The van der Waals surface area contributed by atoms with Crippen molar-refractivity contribution >= 4 is 11.9 Å². The van der Waals surface area contributed by atoms with Gasteiger partial charge in [-0.1, -0.05) is 0 Å². The van der Waals surface area contributed by atoms with Crippen molar-refractivity contribution in [3.63, 3.8) is 0 Å². The Hall–Kier alpha value is -2.24. The molecule has 0 spiro atoms. The molecule has 0 unspecified atom stereocenters. The van der Waals surface area contributed by atoms with Gasteiger partial charge in [0.05, 0.1) is 7.11 Å². The lowest BCUT2D eigenvalue weighted by atomic mass is 10.2. The number of phenols is 1. The van der Waals surface area contributed by atoms with Crippen molar-refractivity contribution in [1.29, 1.82) is 0 Å². The quantitative estimate of drug-likeness (QED) is 0.825.